The lowest BCUT2D eigenvalue weighted by Crippen LogP contribution is -2.47. The summed E-state index contributed by atoms with van der Waals surface area (Å²) in [5.41, 5.74) is 7.03. The van der Waals surface area contributed by atoms with E-state index in [9.17, 15) is 13.2 Å². The molecule has 136 valence electrons. The standard InChI is InChI=1S/C19H23F3N2O/c20-19(21,22)25-16-3-1-15(2-4-16)17(23)24-11-18-8-12-5-13(9-18)7-14(6-12)10-18/h1-4,12-14H,5-11H2,(H2,23,24). The van der Waals surface area contributed by atoms with E-state index in [-0.39, 0.29) is 5.75 Å². The fourth-order valence-corrected chi connectivity index (χ4v) is 5.66. The van der Waals surface area contributed by atoms with Crippen LogP contribution in [-0.2, 0) is 0 Å². The third-order valence-electron chi connectivity index (χ3n) is 6.13. The first-order valence-electron chi connectivity index (χ1n) is 8.96. The first kappa shape index (κ1) is 16.7. The van der Waals surface area contributed by atoms with Crippen molar-refractivity contribution in [1.82, 2.24) is 0 Å². The predicted octanol–water partition coefficient (Wildman–Crippen LogP) is 4.51. The molecule has 6 heteroatoms. The van der Waals surface area contributed by atoms with Gasteiger partial charge in [-0.25, -0.2) is 0 Å². The van der Waals surface area contributed by atoms with Crippen LogP contribution in [0.2, 0.25) is 0 Å². The zero-order chi connectivity index (χ0) is 17.7. The summed E-state index contributed by atoms with van der Waals surface area (Å²) in [5.74, 6) is 2.74. The fourth-order valence-electron chi connectivity index (χ4n) is 5.66. The Morgan fingerprint density at radius 1 is 1.04 bits per heavy atom. The van der Waals surface area contributed by atoms with Gasteiger partial charge in [-0.1, -0.05) is 0 Å². The summed E-state index contributed by atoms with van der Waals surface area (Å²) < 4.78 is 40.5. The van der Waals surface area contributed by atoms with Crippen molar-refractivity contribution in [1.29, 1.82) is 0 Å². The van der Waals surface area contributed by atoms with Gasteiger partial charge in [0.05, 0.1) is 0 Å². The number of amidine groups is 1. The van der Waals surface area contributed by atoms with E-state index in [1.807, 2.05) is 0 Å². The quantitative estimate of drug-likeness (QED) is 0.640. The van der Waals surface area contributed by atoms with Gasteiger partial charge < -0.3 is 10.5 Å². The van der Waals surface area contributed by atoms with E-state index in [2.05, 4.69) is 9.73 Å². The summed E-state index contributed by atoms with van der Waals surface area (Å²) in [4.78, 5) is 4.62. The van der Waals surface area contributed by atoms with E-state index >= 15 is 0 Å². The largest absolute Gasteiger partial charge is 0.573 e. The lowest BCUT2D eigenvalue weighted by atomic mass is 9.49. The molecule has 4 fully saturated rings. The molecule has 2 N–H and O–H groups in total. The Labute approximate surface area is 145 Å². The van der Waals surface area contributed by atoms with Gasteiger partial charge in [0.25, 0.3) is 0 Å². The molecule has 0 amide bonds. The number of halogens is 3. The van der Waals surface area contributed by atoms with Crippen LogP contribution >= 0.6 is 0 Å². The molecule has 0 saturated heterocycles. The molecule has 0 spiro atoms. The van der Waals surface area contributed by atoms with Crippen LogP contribution in [0.25, 0.3) is 0 Å². The average molecular weight is 352 g/mol. The Kier molecular flexibility index (Phi) is 3.96. The molecular formula is C19H23F3N2O. The van der Waals surface area contributed by atoms with Crippen LogP contribution in [-0.4, -0.2) is 18.7 Å². The highest BCUT2D eigenvalue weighted by atomic mass is 19.4. The fraction of sp³-hybridized carbons (Fsp3) is 0.632. The molecule has 0 aromatic heterocycles. The van der Waals surface area contributed by atoms with E-state index in [1.54, 1.807) is 0 Å². The monoisotopic (exact) mass is 352 g/mol. The van der Waals surface area contributed by atoms with Gasteiger partial charge >= 0.3 is 6.36 Å². The molecule has 4 bridgehead atoms. The first-order valence-corrected chi connectivity index (χ1v) is 8.96. The smallest absolute Gasteiger partial charge is 0.406 e. The molecule has 4 aliphatic rings. The predicted molar refractivity (Wildman–Crippen MR) is 89.3 cm³/mol. The van der Waals surface area contributed by atoms with Crippen LogP contribution in [0.1, 0.15) is 44.1 Å². The molecule has 0 aliphatic heterocycles. The van der Waals surface area contributed by atoms with Gasteiger partial charge in [-0.3, -0.25) is 4.99 Å². The van der Waals surface area contributed by atoms with Gasteiger partial charge in [0.15, 0.2) is 0 Å². The number of ether oxygens (including phenoxy) is 1. The molecule has 0 unspecified atom stereocenters. The number of alkyl halides is 3. The number of benzene rings is 1. The zero-order valence-corrected chi connectivity index (χ0v) is 14.1. The van der Waals surface area contributed by atoms with Gasteiger partial charge in [-0.15, -0.1) is 13.2 Å². The summed E-state index contributed by atoms with van der Waals surface area (Å²) in [7, 11) is 0. The Bertz CT molecular complexity index is 631. The number of hydrogen-bond donors (Lipinski definition) is 1. The van der Waals surface area contributed by atoms with Gasteiger partial charge in [0.2, 0.25) is 0 Å². The minimum atomic E-state index is -4.68. The number of nitrogens with zero attached hydrogens (tertiary/aromatic N) is 1. The van der Waals surface area contributed by atoms with E-state index in [1.165, 1.54) is 62.8 Å². The zero-order valence-electron chi connectivity index (χ0n) is 14.1. The lowest BCUT2D eigenvalue weighted by Gasteiger charge is -2.56. The Balaban J connectivity index is 1.43. The number of hydrogen-bond acceptors (Lipinski definition) is 2. The highest BCUT2D eigenvalue weighted by Crippen LogP contribution is 2.60. The Morgan fingerprint density at radius 2 is 1.56 bits per heavy atom. The normalized spacial score (nSPS) is 34.4. The summed E-state index contributed by atoms with van der Waals surface area (Å²) >= 11 is 0. The third kappa shape index (κ3) is 3.62. The lowest BCUT2D eigenvalue weighted by molar-refractivity contribution is -0.274. The molecule has 4 aliphatic carbocycles. The van der Waals surface area contributed by atoms with Crippen molar-refractivity contribution in [2.45, 2.75) is 44.9 Å². The van der Waals surface area contributed by atoms with E-state index in [0.29, 0.717) is 16.8 Å². The van der Waals surface area contributed by atoms with Crippen molar-refractivity contribution in [3.63, 3.8) is 0 Å². The van der Waals surface area contributed by atoms with Crippen molar-refractivity contribution in [2.24, 2.45) is 33.9 Å². The molecule has 0 radical (unpaired) electrons. The summed E-state index contributed by atoms with van der Waals surface area (Å²) in [5, 5.41) is 0. The maximum Gasteiger partial charge on any atom is 0.573 e. The topological polar surface area (TPSA) is 47.6 Å². The molecule has 1 aromatic carbocycles. The molecule has 3 nitrogen and oxygen atoms in total. The van der Waals surface area contributed by atoms with E-state index < -0.39 is 6.36 Å². The molecule has 25 heavy (non-hydrogen) atoms. The van der Waals surface area contributed by atoms with Gasteiger partial charge in [0.1, 0.15) is 11.6 Å². The number of nitrogens with two attached hydrogens (primary N) is 1. The third-order valence-corrected chi connectivity index (χ3v) is 6.13. The van der Waals surface area contributed by atoms with Gasteiger partial charge in [-0.2, -0.15) is 0 Å². The van der Waals surface area contributed by atoms with Crippen LogP contribution in [0.4, 0.5) is 13.2 Å². The summed E-state index contributed by atoms with van der Waals surface area (Å²) in [6.45, 7) is 0.739. The minimum absolute atomic E-state index is 0.245. The number of rotatable bonds is 4. The highest BCUT2D eigenvalue weighted by molar-refractivity contribution is 5.97. The van der Waals surface area contributed by atoms with Crippen LogP contribution in [0.3, 0.4) is 0 Å². The molecule has 4 saturated carbocycles. The van der Waals surface area contributed by atoms with Crippen molar-refractivity contribution < 1.29 is 17.9 Å². The highest BCUT2D eigenvalue weighted by Gasteiger charge is 2.50. The maximum absolute atomic E-state index is 12.2. The van der Waals surface area contributed by atoms with Crippen molar-refractivity contribution in [2.75, 3.05) is 6.54 Å². The first-order chi connectivity index (χ1) is 11.8. The van der Waals surface area contributed by atoms with Crippen LogP contribution in [0.15, 0.2) is 29.3 Å². The molecule has 0 heterocycles. The van der Waals surface area contributed by atoms with Gasteiger partial charge in [0, 0.05) is 12.1 Å². The average Bonchev–Trinajstić information content (AvgIpc) is 2.50. The van der Waals surface area contributed by atoms with E-state index in [4.69, 9.17) is 5.73 Å². The van der Waals surface area contributed by atoms with Crippen molar-refractivity contribution in [3.8, 4) is 5.75 Å². The summed E-state index contributed by atoms with van der Waals surface area (Å²) in [6, 6.07) is 5.60. The van der Waals surface area contributed by atoms with Crippen LogP contribution < -0.4 is 10.5 Å². The Morgan fingerprint density at radius 3 is 2.04 bits per heavy atom. The SMILES string of the molecule is NC(=NCC12CC3CC(CC(C3)C1)C2)c1ccc(OC(F)(F)F)cc1. The second-order valence-corrected chi connectivity index (χ2v) is 8.19. The maximum atomic E-state index is 12.2. The van der Waals surface area contributed by atoms with Crippen molar-refractivity contribution >= 4 is 5.84 Å². The van der Waals surface area contributed by atoms with Crippen LogP contribution in [0, 0.1) is 23.2 Å². The van der Waals surface area contributed by atoms with Gasteiger partial charge in [-0.05, 0) is 86.0 Å². The van der Waals surface area contributed by atoms with E-state index in [0.717, 1.165) is 24.3 Å². The molecule has 1 aromatic rings. The molecular weight excluding hydrogens is 329 g/mol. The second kappa shape index (κ2) is 5.92. The summed E-state index contributed by atoms with van der Waals surface area (Å²) in [6.07, 6.45) is 3.26. The molecule has 0 atom stereocenters. The van der Waals surface area contributed by atoms with Crippen LogP contribution in [0.5, 0.6) is 5.75 Å². The molecule has 5 rings (SSSR count). The minimum Gasteiger partial charge on any atom is -0.406 e. The number of aliphatic imine (C=N–C) groups is 1. The Hall–Kier alpha value is -1.72. The second-order valence-electron chi connectivity index (χ2n) is 8.19. The van der Waals surface area contributed by atoms with Crippen molar-refractivity contribution in [3.05, 3.63) is 29.8 Å².